The van der Waals surface area contributed by atoms with Crippen LogP contribution < -0.4 is 5.32 Å². The zero-order chi connectivity index (χ0) is 16.0. The van der Waals surface area contributed by atoms with Crippen LogP contribution in [0.15, 0.2) is 24.3 Å². The van der Waals surface area contributed by atoms with Crippen molar-refractivity contribution in [1.82, 2.24) is 5.32 Å². The Hall–Kier alpha value is -1.31. The van der Waals surface area contributed by atoms with Gasteiger partial charge in [0.1, 0.15) is 5.60 Å². The van der Waals surface area contributed by atoms with Gasteiger partial charge in [0, 0.05) is 3.57 Å². The number of ether oxygens (including phenoxy) is 2. The fourth-order valence-electron chi connectivity index (χ4n) is 1.68. The molecule has 0 saturated carbocycles. The van der Waals surface area contributed by atoms with Crippen molar-refractivity contribution >= 4 is 34.7 Å². The molecular formula is C15H20INO4. The van der Waals surface area contributed by atoms with Gasteiger partial charge in [-0.1, -0.05) is 12.1 Å². The molecule has 0 aliphatic carbocycles. The van der Waals surface area contributed by atoms with Crippen molar-refractivity contribution < 1.29 is 19.1 Å². The van der Waals surface area contributed by atoms with Crippen LogP contribution in [-0.4, -0.2) is 24.8 Å². The largest absolute Gasteiger partial charge is 0.469 e. The molecule has 0 unspecified atom stereocenters. The molecular weight excluding hydrogens is 385 g/mol. The first-order valence-electron chi connectivity index (χ1n) is 6.53. The second kappa shape index (κ2) is 7.63. The summed E-state index contributed by atoms with van der Waals surface area (Å²) >= 11 is 2.18. The van der Waals surface area contributed by atoms with Gasteiger partial charge in [-0.3, -0.25) is 4.79 Å². The molecule has 0 aliphatic heterocycles. The van der Waals surface area contributed by atoms with Crippen LogP contribution >= 0.6 is 22.6 Å². The molecule has 0 aromatic heterocycles. The molecule has 0 fully saturated rings. The van der Waals surface area contributed by atoms with E-state index in [1.807, 2.05) is 24.3 Å². The van der Waals surface area contributed by atoms with E-state index in [9.17, 15) is 9.59 Å². The highest BCUT2D eigenvalue weighted by Crippen LogP contribution is 2.20. The van der Waals surface area contributed by atoms with E-state index in [0.29, 0.717) is 0 Å². The van der Waals surface area contributed by atoms with Crippen LogP contribution in [0.25, 0.3) is 0 Å². The standard InChI is InChI=1S/C15H20INO4/c1-15(2,3)21-14(19)17-12(9-13(18)20-4)10-6-5-7-11(16)8-10/h5-8,12H,9H2,1-4H3,(H,17,19)/t12-/m1/s1. The molecule has 21 heavy (non-hydrogen) atoms. The summed E-state index contributed by atoms with van der Waals surface area (Å²) in [6, 6.07) is 7.09. The van der Waals surface area contributed by atoms with Gasteiger partial charge >= 0.3 is 12.1 Å². The van der Waals surface area contributed by atoms with Crippen LogP contribution in [0.5, 0.6) is 0 Å². The van der Waals surface area contributed by atoms with Crippen molar-refractivity contribution in [2.75, 3.05) is 7.11 Å². The molecule has 0 saturated heterocycles. The van der Waals surface area contributed by atoms with Crippen molar-refractivity contribution in [2.45, 2.75) is 38.8 Å². The lowest BCUT2D eigenvalue weighted by molar-refractivity contribution is -0.141. The van der Waals surface area contributed by atoms with Crippen molar-refractivity contribution in [1.29, 1.82) is 0 Å². The summed E-state index contributed by atoms with van der Waals surface area (Å²) in [5.41, 5.74) is 0.239. The maximum absolute atomic E-state index is 11.9. The number of carbonyl (C=O) groups excluding carboxylic acids is 2. The van der Waals surface area contributed by atoms with Gasteiger partial charge in [-0.25, -0.2) is 4.79 Å². The first kappa shape index (κ1) is 17.7. The predicted molar refractivity (Wildman–Crippen MR) is 87.9 cm³/mol. The van der Waals surface area contributed by atoms with Crippen LogP contribution in [0.3, 0.4) is 0 Å². The Kier molecular flexibility index (Phi) is 6.44. The van der Waals surface area contributed by atoms with Crippen LogP contribution in [0.4, 0.5) is 4.79 Å². The van der Waals surface area contributed by atoms with Crippen molar-refractivity contribution in [2.24, 2.45) is 0 Å². The topological polar surface area (TPSA) is 64.6 Å². The van der Waals surface area contributed by atoms with E-state index < -0.39 is 23.7 Å². The molecule has 1 amide bonds. The minimum absolute atomic E-state index is 0.0514. The average molecular weight is 405 g/mol. The quantitative estimate of drug-likeness (QED) is 0.616. The second-order valence-corrected chi connectivity index (χ2v) is 6.78. The Labute approximate surface area is 138 Å². The summed E-state index contributed by atoms with van der Waals surface area (Å²) in [6.45, 7) is 5.36. The van der Waals surface area contributed by atoms with E-state index in [2.05, 4.69) is 32.6 Å². The minimum atomic E-state index is -0.592. The highest BCUT2D eigenvalue weighted by Gasteiger charge is 2.23. The summed E-state index contributed by atoms with van der Waals surface area (Å²) in [6.07, 6.45) is -0.509. The van der Waals surface area contributed by atoms with E-state index in [4.69, 9.17) is 4.74 Å². The van der Waals surface area contributed by atoms with Gasteiger partial charge in [0.05, 0.1) is 19.6 Å². The molecule has 0 radical (unpaired) electrons. The molecule has 5 nitrogen and oxygen atoms in total. The van der Waals surface area contributed by atoms with Crippen LogP contribution in [0, 0.1) is 3.57 Å². The third-order valence-corrected chi connectivity index (χ3v) is 3.21. The Morgan fingerprint density at radius 3 is 2.52 bits per heavy atom. The van der Waals surface area contributed by atoms with Gasteiger partial charge in [-0.2, -0.15) is 0 Å². The van der Waals surface area contributed by atoms with E-state index in [0.717, 1.165) is 9.13 Å². The lowest BCUT2D eigenvalue weighted by Gasteiger charge is -2.23. The van der Waals surface area contributed by atoms with Gasteiger partial charge in [0.15, 0.2) is 0 Å². The number of hydrogen-bond donors (Lipinski definition) is 1. The van der Waals surface area contributed by atoms with Crippen molar-refractivity contribution in [3.8, 4) is 0 Å². The highest BCUT2D eigenvalue weighted by molar-refractivity contribution is 14.1. The van der Waals surface area contributed by atoms with E-state index in [1.54, 1.807) is 20.8 Å². The Bertz CT molecular complexity index is 511. The lowest BCUT2D eigenvalue weighted by atomic mass is 10.0. The van der Waals surface area contributed by atoms with Crippen molar-refractivity contribution in [3.63, 3.8) is 0 Å². The lowest BCUT2D eigenvalue weighted by Crippen LogP contribution is -2.36. The summed E-state index contributed by atoms with van der Waals surface area (Å²) in [5, 5.41) is 2.72. The molecule has 1 N–H and O–H groups in total. The normalized spacial score (nSPS) is 12.4. The number of amides is 1. The predicted octanol–water partition coefficient (Wildman–Crippen LogP) is 3.42. The van der Waals surface area contributed by atoms with Gasteiger partial charge in [-0.05, 0) is 61.1 Å². The summed E-state index contributed by atoms with van der Waals surface area (Å²) < 4.78 is 10.9. The monoisotopic (exact) mass is 405 g/mol. The first-order valence-corrected chi connectivity index (χ1v) is 7.61. The fraction of sp³-hybridized carbons (Fsp3) is 0.467. The van der Waals surface area contributed by atoms with Crippen molar-refractivity contribution in [3.05, 3.63) is 33.4 Å². The van der Waals surface area contributed by atoms with E-state index in [1.165, 1.54) is 7.11 Å². The number of nitrogens with one attached hydrogen (secondary N) is 1. The fourth-order valence-corrected chi connectivity index (χ4v) is 2.24. The van der Waals surface area contributed by atoms with Gasteiger partial charge in [0.25, 0.3) is 0 Å². The summed E-state index contributed by atoms with van der Waals surface area (Å²) in [7, 11) is 1.32. The molecule has 0 bridgehead atoms. The number of halogens is 1. The number of hydrogen-bond acceptors (Lipinski definition) is 4. The summed E-state index contributed by atoms with van der Waals surface area (Å²) in [4.78, 5) is 23.4. The van der Waals surface area contributed by atoms with Crippen LogP contribution in [0.1, 0.15) is 38.8 Å². The molecule has 1 aromatic carbocycles. The van der Waals surface area contributed by atoms with E-state index in [-0.39, 0.29) is 6.42 Å². The molecule has 1 aromatic rings. The van der Waals surface area contributed by atoms with Gasteiger partial charge < -0.3 is 14.8 Å². The highest BCUT2D eigenvalue weighted by atomic mass is 127. The molecule has 1 atom stereocenters. The number of methoxy groups -OCH3 is 1. The first-order chi connectivity index (χ1) is 9.71. The third kappa shape index (κ3) is 6.79. The Morgan fingerprint density at radius 2 is 2.00 bits per heavy atom. The Morgan fingerprint density at radius 1 is 1.33 bits per heavy atom. The third-order valence-electron chi connectivity index (χ3n) is 2.54. The van der Waals surface area contributed by atoms with E-state index >= 15 is 0 Å². The number of alkyl carbamates (subject to hydrolysis) is 1. The number of rotatable bonds is 4. The molecule has 116 valence electrons. The van der Waals surface area contributed by atoms with Gasteiger partial charge in [-0.15, -0.1) is 0 Å². The number of carbonyl (C=O) groups is 2. The number of benzene rings is 1. The zero-order valence-corrected chi connectivity index (χ0v) is 14.8. The molecule has 0 aliphatic rings. The minimum Gasteiger partial charge on any atom is -0.469 e. The molecule has 1 rings (SSSR count). The van der Waals surface area contributed by atoms with Crippen LogP contribution in [-0.2, 0) is 14.3 Å². The molecule has 0 heterocycles. The van der Waals surface area contributed by atoms with Crippen LogP contribution in [0.2, 0.25) is 0 Å². The number of esters is 1. The molecule has 0 spiro atoms. The SMILES string of the molecule is COC(=O)C[C@@H](NC(=O)OC(C)(C)C)c1cccc(I)c1. The summed E-state index contributed by atoms with van der Waals surface area (Å²) in [5.74, 6) is -0.394. The zero-order valence-electron chi connectivity index (χ0n) is 12.6. The second-order valence-electron chi connectivity index (χ2n) is 5.53. The smallest absolute Gasteiger partial charge is 0.408 e. The average Bonchev–Trinajstić information content (AvgIpc) is 2.35. The maximum Gasteiger partial charge on any atom is 0.408 e. The Balaban J connectivity index is 2.87. The maximum atomic E-state index is 11.9. The molecule has 6 heteroatoms. The van der Waals surface area contributed by atoms with Gasteiger partial charge in [0.2, 0.25) is 0 Å².